The molecule has 3 aromatic carbocycles. The van der Waals surface area contributed by atoms with Crippen molar-refractivity contribution < 1.29 is 14.3 Å². The number of amides is 1. The number of hydrogen-bond acceptors (Lipinski definition) is 5. The molecular weight excluding hydrogens is 470 g/mol. The smallest absolute Gasteiger partial charge is 0.271 e. The number of aromatic nitrogens is 1. The molecule has 1 aromatic heterocycles. The van der Waals surface area contributed by atoms with Crippen LogP contribution in [0.1, 0.15) is 21.5 Å². The van der Waals surface area contributed by atoms with E-state index in [1.54, 1.807) is 43.9 Å². The lowest BCUT2D eigenvalue weighted by Gasteiger charge is -2.14. The Morgan fingerprint density at radius 3 is 2.66 bits per heavy atom. The molecule has 0 radical (unpaired) electrons. The molecule has 0 atom stereocenters. The Balaban J connectivity index is 1.49. The number of nitrogens with one attached hydrogen (secondary N) is 1. The molecule has 7 heteroatoms. The fraction of sp³-hybridized carbons (Fsp3) is 0.0800. The van der Waals surface area contributed by atoms with Crippen molar-refractivity contribution in [3.05, 3.63) is 100 Å². The van der Waals surface area contributed by atoms with Crippen LogP contribution in [-0.4, -0.2) is 24.2 Å². The molecule has 0 saturated heterocycles. The molecule has 0 aliphatic heterocycles. The van der Waals surface area contributed by atoms with E-state index in [9.17, 15) is 4.79 Å². The van der Waals surface area contributed by atoms with Gasteiger partial charge in [0.05, 0.1) is 13.3 Å². The van der Waals surface area contributed by atoms with Gasteiger partial charge in [0.15, 0.2) is 11.5 Å². The Hall–Kier alpha value is -3.71. The number of methoxy groups -OCH3 is 1. The number of pyridine rings is 1. The zero-order valence-electron chi connectivity index (χ0n) is 17.3. The second-order valence-electron chi connectivity index (χ2n) is 6.89. The number of nitrogens with zero attached hydrogens (tertiary/aromatic N) is 2. The first-order valence-corrected chi connectivity index (χ1v) is 10.7. The Bertz CT molecular complexity index is 1270. The molecular formula is C25H20BrN3O3. The van der Waals surface area contributed by atoms with E-state index >= 15 is 0 Å². The van der Waals surface area contributed by atoms with Crippen molar-refractivity contribution in [3.63, 3.8) is 0 Å². The van der Waals surface area contributed by atoms with Gasteiger partial charge in [0.25, 0.3) is 5.91 Å². The first kappa shape index (κ1) is 21.5. The third-order valence-electron chi connectivity index (χ3n) is 4.86. The van der Waals surface area contributed by atoms with Crippen LogP contribution >= 0.6 is 15.9 Å². The van der Waals surface area contributed by atoms with Gasteiger partial charge in [-0.25, -0.2) is 5.43 Å². The van der Waals surface area contributed by atoms with Crippen LogP contribution in [0.3, 0.4) is 0 Å². The number of hydrazone groups is 1. The summed E-state index contributed by atoms with van der Waals surface area (Å²) in [6.07, 6.45) is 4.65. The predicted octanol–water partition coefficient (Wildman–Crippen LogP) is 5.35. The van der Waals surface area contributed by atoms with Crippen molar-refractivity contribution in [2.24, 2.45) is 5.10 Å². The van der Waals surface area contributed by atoms with Gasteiger partial charge in [-0.2, -0.15) is 5.10 Å². The Morgan fingerprint density at radius 2 is 1.84 bits per heavy atom. The molecule has 6 nitrogen and oxygen atoms in total. The summed E-state index contributed by atoms with van der Waals surface area (Å²) in [4.78, 5) is 16.0. The highest BCUT2D eigenvalue weighted by Gasteiger charge is 2.11. The number of carbonyl (C=O) groups is 1. The molecule has 1 amide bonds. The maximum Gasteiger partial charge on any atom is 0.271 e. The van der Waals surface area contributed by atoms with Crippen LogP contribution in [-0.2, 0) is 6.61 Å². The molecule has 160 valence electrons. The summed E-state index contributed by atoms with van der Waals surface area (Å²) < 4.78 is 12.4. The highest BCUT2D eigenvalue weighted by atomic mass is 79.9. The van der Waals surface area contributed by atoms with Crippen molar-refractivity contribution >= 4 is 38.8 Å². The lowest BCUT2D eigenvalue weighted by atomic mass is 10.1. The molecule has 32 heavy (non-hydrogen) atoms. The SMILES string of the molecule is COc1cc(/C=N/NC(=O)c2ccncc2)c(Br)cc1OCc1cccc2ccccc12. The second kappa shape index (κ2) is 10.1. The van der Waals surface area contributed by atoms with Gasteiger partial charge in [0.2, 0.25) is 0 Å². The van der Waals surface area contributed by atoms with Gasteiger partial charge in [-0.1, -0.05) is 42.5 Å². The molecule has 0 aliphatic rings. The van der Waals surface area contributed by atoms with Crippen molar-refractivity contribution in [2.75, 3.05) is 7.11 Å². The van der Waals surface area contributed by atoms with Crippen molar-refractivity contribution in [2.45, 2.75) is 6.61 Å². The topological polar surface area (TPSA) is 72.8 Å². The van der Waals surface area contributed by atoms with Crippen LogP contribution in [0.5, 0.6) is 11.5 Å². The van der Waals surface area contributed by atoms with Gasteiger partial charge < -0.3 is 9.47 Å². The summed E-state index contributed by atoms with van der Waals surface area (Å²) in [7, 11) is 1.58. The first-order valence-electron chi connectivity index (χ1n) is 9.86. The number of hydrogen-bond donors (Lipinski definition) is 1. The normalized spacial score (nSPS) is 10.9. The largest absolute Gasteiger partial charge is 0.493 e. The number of carbonyl (C=O) groups excluding carboxylic acids is 1. The zero-order valence-corrected chi connectivity index (χ0v) is 18.9. The van der Waals surface area contributed by atoms with E-state index in [0.717, 1.165) is 21.0 Å². The lowest BCUT2D eigenvalue weighted by molar-refractivity contribution is 0.0955. The molecule has 4 aromatic rings. The average Bonchev–Trinajstić information content (AvgIpc) is 2.84. The molecule has 1 N–H and O–H groups in total. The van der Waals surface area contributed by atoms with Crippen LogP contribution in [0.15, 0.2) is 88.7 Å². The van der Waals surface area contributed by atoms with E-state index in [0.29, 0.717) is 23.7 Å². The van der Waals surface area contributed by atoms with E-state index in [1.165, 1.54) is 5.39 Å². The van der Waals surface area contributed by atoms with E-state index in [-0.39, 0.29) is 5.91 Å². The van der Waals surface area contributed by atoms with Gasteiger partial charge in [0, 0.05) is 28.0 Å². The summed E-state index contributed by atoms with van der Waals surface area (Å²) >= 11 is 3.54. The Labute approximate surface area is 194 Å². The number of benzene rings is 3. The second-order valence-corrected chi connectivity index (χ2v) is 7.74. The van der Waals surface area contributed by atoms with Crippen molar-refractivity contribution in [3.8, 4) is 11.5 Å². The molecule has 0 aliphatic carbocycles. The van der Waals surface area contributed by atoms with Gasteiger partial charge in [-0.05, 0) is 56.5 Å². The van der Waals surface area contributed by atoms with Crippen LogP contribution in [0.4, 0.5) is 0 Å². The third-order valence-corrected chi connectivity index (χ3v) is 5.55. The zero-order chi connectivity index (χ0) is 22.3. The van der Waals surface area contributed by atoms with Gasteiger partial charge in [-0.15, -0.1) is 0 Å². The minimum Gasteiger partial charge on any atom is -0.493 e. The number of ether oxygens (including phenoxy) is 2. The molecule has 0 fully saturated rings. The van der Waals surface area contributed by atoms with Crippen LogP contribution in [0.2, 0.25) is 0 Å². The molecule has 0 saturated carbocycles. The van der Waals surface area contributed by atoms with Crippen LogP contribution < -0.4 is 14.9 Å². The Kier molecular flexibility index (Phi) is 6.77. The highest BCUT2D eigenvalue weighted by molar-refractivity contribution is 9.10. The average molecular weight is 490 g/mol. The molecule has 0 spiro atoms. The highest BCUT2D eigenvalue weighted by Crippen LogP contribution is 2.34. The number of fused-ring (bicyclic) bond motifs is 1. The van der Waals surface area contributed by atoms with Gasteiger partial charge >= 0.3 is 0 Å². The number of rotatable bonds is 7. The quantitative estimate of drug-likeness (QED) is 0.280. The fourth-order valence-corrected chi connectivity index (χ4v) is 3.65. The van der Waals surface area contributed by atoms with Crippen LogP contribution in [0.25, 0.3) is 10.8 Å². The predicted molar refractivity (Wildman–Crippen MR) is 128 cm³/mol. The Morgan fingerprint density at radius 1 is 1.06 bits per heavy atom. The lowest BCUT2D eigenvalue weighted by Crippen LogP contribution is -2.17. The maximum absolute atomic E-state index is 12.1. The van der Waals surface area contributed by atoms with Gasteiger partial charge in [-0.3, -0.25) is 9.78 Å². The third kappa shape index (κ3) is 4.95. The summed E-state index contributed by atoms with van der Waals surface area (Å²) in [5.41, 5.74) is 4.80. The monoisotopic (exact) mass is 489 g/mol. The van der Waals surface area contributed by atoms with E-state index in [1.807, 2.05) is 24.3 Å². The molecule has 0 unspecified atom stereocenters. The van der Waals surface area contributed by atoms with Crippen LogP contribution in [0, 0.1) is 0 Å². The first-order chi connectivity index (χ1) is 15.7. The fourth-order valence-electron chi connectivity index (χ4n) is 3.22. The standard InChI is InChI=1S/C25H20BrN3O3/c1-31-23-13-20(15-28-29-25(30)18-9-11-27-12-10-18)22(26)14-24(23)32-16-19-7-4-6-17-5-2-3-8-21(17)19/h2-15H,16H2,1H3,(H,29,30)/b28-15+. The maximum atomic E-state index is 12.1. The molecule has 1 heterocycles. The van der Waals surface area contributed by atoms with E-state index in [4.69, 9.17) is 9.47 Å². The summed E-state index contributed by atoms with van der Waals surface area (Å²) in [5.74, 6) is 0.849. The summed E-state index contributed by atoms with van der Waals surface area (Å²) in [5, 5.41) is 6.36. The summed E-state index contributed by atoms with van der Waals surface area (Å²) in [6, 6.07) is 21.2. The summed E-state index contributed by atoms with van der Waals surface area (Å²) in [6.45, 7) is 0.402. The number of halogens is 1. The molecule has 0 bridgehead atoms. The minimum absolute atomic E-state index is 0.318. The van der Waals surface area contributed by atoms with Crippen molar-refractivity contribution in [1.29, 1.82) is 0 Å². The van der Waals surface area contributed by atoms with E-state index in [2.05, 4.69) is 55.7 Å². The van der Waals surface area contributed by atoms with Gasteiger partial charge in [0.1, 0.15) is 6.61 Å². The minimum atomic E-state index is -0.318. The van der Waals surface area contributed by atoms with Crippen molar-refractivity contribution in [1.82, 2.24) is 10.4 Å². The van der Waals surface area contributed by atoms with E-state index < -0.39 is 0 Å². The molecule has 4 rings (SSSR count).